The zero-order chi connectivity index (χ0) is 31.6. The highest BCUT2D eigenvalue weighted by Gasteiger charge is 2.17. The topological polar surface area (TPSA) is 38.7 Å². The van der Waals surface area contributed by atoms with Crippen molar-refractivity contribution in [2.24, 2.45) is 0 Å². The molecule has 0 radical (unpaired) electrons. The number of aromatic nitrogens is 3. The van der Waals surface area contributed by atoms with Crippen LogP contribution in [0.5, 0.6) is 0 Å². The van der Waals surface area contributed by atoms with Crippen molar-refractivity contribution in [3.8, 4) is 33.8 Å². The molecule has 7 aromatic carbocycles. The maximum atomic E-state index is 5.32. The minimum absolute atomic E-state index is 0.910. The lowest BCUT2D eigenvalue weighted by Gasteiger charge is -2.16. The molecular formula is C45H27N3. The standard InChI is InChI=1S/C45H27N3/c1-2-10-28(11-3-1)38-26-24-31-22-23-32-25-27-39(47-45(32)44(31)46-38)29-18-20-30(21-19-29)43-42-36-15-7-5-13-34(36)33-12-4-6-14-35(33)41(42)37-16-8-9-17-40(37)48-43/h1-27H. The molecule has 3 nitrogen and oxygen atoms in total. The molecule has 0 saturated heterocycles. The Kier molecular flexibility index (Phi) is 5.87. The molecule has 0 atom stereocenters. The summed E-state index contributed by atoms with van der Waals surface area (Å²) in [6.07, 6.45) is 0. The van der Waals surface area contributed by atoms with Crippen molar-refractivity contribution in [1.82, 2.24) is 15.0 Å². The predicted octanol–water partition coefficient (Wildman–Crippen LogP) is 11.8. The summed E-state index contributed by atoms with van der Waals surface area (Å²) in [6, 6.07) is 57.8. The van der Waals surface area contributed by atoms with E-state index in [9.17, 15) is 0 Å². The average Bonchev–Trinajstić information content (AvgIpc) is 3.17. The van der Waals surface area contributed by atoms with Crippen molar-refractivity contribution in [3.05, 3.63) is 164 Å². The predicted molar refractivity (Wildman–Crippen MR) is 201 cm³/mol. The van der Waals surface area contributed by atoms with E-state index in [1.165, 1.54) is 37.7 Å². The minimum atomic E-state index is 0.910. The van der Waals surface area contributed by atoms with Gasteiger partial charge in [-0.2, -0.15) is 0 Å². The highest BCUT2D eigenvalue weighted by molar-refractivity contribution is 6.33. The van der Waals surface area contributed by atoms with Crippen LogP contribution in [0.4, 0.5) is 0 Å². The van der Waals surface area contributed by atoms with Crippen LogP contribution in [0, 0.1) is 0 Å². The van der Waals surface area contributed by atoms with Gasteiger partial charge in [-0.15, -0.1) is 0 Å². The summed E-state index contributed by atoms with van der Waals surface area (Å²) < 4.78 is 0. The van der Waals surface area contributed by atoms with Crippen LogP contribution in [0.1, 0.15) is 0 Å². The van der Waals surface area contributed by atoms with Gasteiger partial charge in [0.1, 0.15) is 0 Å². The van der Waals surface area contributed by atoms with Gasteiger partial charge < -0.3 is 0 Å². The van der Waals surface area contributed by atoms with Gasteiger partial charge in [-0.1, -0.05) is 146 Å². The van der Waals surface area contributed by atoms with Gasteiger partial charge >= 0.3 is 0 Å². The summed E-state index contributed by atoms with van der Waals surface area (Å²) in [5, 5.41) is 10.7. The van der Waals surface area contributed by atoms with Crippen molar-refractivity contribution < 1.29 is 0 Å². The molecular weight excluding hydrogens is 583 g/mol. The third-order valence-corrected chi connectivity index (χ3v) is 9.62. The van der Waals surface area contributed by atoms with Crippen LogP contribution in [0.25, 0.3) is 98.8 Å². The van der Waals surface area contributed by atoms with Gasteiger partial charge in [-0.3, -0.25) is 0 Å². The first-order chi connectivity index (χ1) is 23.8. The normalized spacial score (nSPS) is 11.8. The number of hydrogen-bond acceptors (Lipinski definition) is 3. The van der Waals surface area contributed by atoms with Gasteiger partial charge in [-0.05, 0) is 39.7 Å². The number of hydrogen-bond donors (Lipinski definition) is 0. The molecule has 0 fully saturated rings. The van der Waals surface area contributed by atoms with Gasteiger partial charge in [0.05, 0.1) is 33.6 Å². The second-order valence-electron chi connectivity index (χ2n) is 12.4. The zero-order valence-electron chi connectivity index (χ0n) is 25.9. The lowest BCUT2D eigenvalue weighted by molar-refractivity contribution is 1.36. The van der Waals surface area contributed by atoms with Crippen molar-refractivity contribution in [2.45, 2.75) is 0 Å². The summed E-state index contributed by atoms with van der Waals surface area (Å²) in [5.74, 6) is 0. The second kappa shape index (κ2) is 10.5. The van der Waals surface area contributed by atoms with E-state index in [-0.39, 0.29) is 0 Å². The van der Waals surface area contributed by atoms with Crippen LogP contribution in [0.2, 0.25) is 0 Å². The molecule has 0 amide bonds. The van der Waals surface area contributed by atoms with E-state index >= 15 is 0 Å². The molecule has 10 aromatic rings. The van der Waals surface area contributed by atoms with Crippen LogP contribution < -0.4 is 0 Å². The molecule has 10 rings (SSSR count). The molecule has 0 spiro atoms. The average molecular weight is 610 g/mol. The molecule has 0 bridgehead atoms. The van der Waals surface area contributed by atoms with Crippen LogP contribution in [-0.2, 0) is 0 Å². The monoisotopic (exact) mass is 609 g/mol. The summed E-state index contributed by atoms with van der Waals surface area (Å²) >= 11 is 0. The fourth-order valence-electron chi connectivity index (χ4n) is 7.33. The number of pyridine rings is 3. The first-order valence-electron chi connectivity index (χ1n) is 16.3. The number of nitrogens with zero attached hydrogens (tertiary/aromatic N) is 3. The maximum Gasteiger partial charge on any atom is 0.0972 e. The molecule has 48 heavy (non-hydrogen) atoms. The van der Waals surface area contributed by atoms with Crippen molar-refractivity contribution >= 4 is 65.0 Å². The molecule has 0 aliphatic heterocycles. The van der Waals surface area contributed by atoms with E-state index in [0.29, 0.717) is 0 Å². The van der Waals surface area contributed by atoms with E-state index in [4.69, 9.17) is 15.0 Å². The Bertz CT molecular complexity index is 2880. The molecule has 0 saturated carbocycles. The van der Waals surface area contributed by atoms with E-state index < -0.39 is 0 Å². The summed E-state index contributed by atoms with van der Waals surface area (Å²) in [7, 11) is 0. The molecule has 3 heteroatoms. The Morgan fingerprint density at radius 2 is 0.750 bits per heavy atom. The summed E-state index contributed by atoms with van der Waals surface area (Å²) in [6.45, 7) is 0. The molecule has 222 valence electrons. The highest BCUT2D eigenvalue weighted by Crippen LogP contribution is 2.43. The first-order valence-corrected chi connectivity index (χ1v) is 16.3. The Balaban J connectivity index is 1.16. The molecule has 0 aliphatic rings. The Labute approximate surface area is 276 Å². The highest BCUT2D eigenvalue weighted by atomic mass is 14.8. The fraction of sp³-hybridized carbons (Fsp3) is 0. The van der Waals surface area contributed by atoms with Crippen LogP contribution in [0.15, 0.2) is 164 Å². The number of fused-ring (bicyclic) bond motifs is 11. The quantitative estimate of drug-likeness (QED) is 0.187. The van der Waals surface area contributed by atoms with Gasteiger partial charge in [0.2, 0.25) is 0 Å². The lowest BCUT2D eigenvalue weighted by Crippen LogP contribution is -1.93. The summed E-state index contributed by atoms with van der Waals surface area (Å²) in [5.41, 5.74) is 8.91. The zero-order valence-corrected chi connectivity index (χ0v) is 25.9. The summed E-state index contributed by atoms with van der Waals surface area (Å²) in [4.78, 5) is 15.6. The van der Waals surface area contributed by atoms with Gasteiger partial charge in [0.15, 0.2) is 0 Å². The third kappa shape index (κ3) is 4.11. The molecule has 0 aliphatic carbocycles. The minimum Gasteiger partial charge on any atom is -0.247 e. The van der Waals surface area contributed by atoms with Gasteiger partial charge in [0, 0.05) is 43.6 Å². The largest absolute Gasteiger partial charge is 0.247 e. The molecule has 0 N–H and O–H groups in total. The second-order valence-corrected chi connectivity index (χ2v) is 12.4. The van der Waals surface area contributed by atoms with Crippen LogP contribution in [0.3, 0.4) is 0 Å². The Morgan fingerprint density at radius 1 is 0.292 bits per heavy atom. The van der Waals surface area contributed by atoms with Crippen molar-refractivity contribution in [2.75, 3.05) is 0 Å². The fourth-order valence-corrected chi connectivity index (χ4v) is 7.33. The first kappa shape index (κ1) is 26.7. The number of rotatable bonds is 3. The van der Waals surface area contributed by atoms with E-state index in [1.54, 1.807) is 0 Å². The van der Waals surface area contributed by atoms with Crippen LogP contribution >= 0.6 is 0 Å². The van der Waals surface area contributed by atoms with Gasteiger partial charge in [-0.25, -0.2) is 15.0 Å². The maximum absolute atomic E-state index is 5.32. The Hall–Kier alpha value is -6.45. The lowest BCUT2D eigenvalue weighted by atomic mass is 9.90. The van der Waals surface area contributed by atoms with E-state index in [0.717, 1.165) is 61.1 Å². The molecule has 0 unspecified atom stereocenters. The van der Waals surface area contributed by atoms with E-state index in [2.05, 4.69) is 146 Å². The third-order valence-electron chi connectivity index (χ3n) is 9.62. The molecule has 3 aromatic heterocycles. The van der Waals surface area contributed by atoms with Gasteiger partial charge in [0.25, 0.3) is 0 Å². The van der Waals surface area contributed by atoms with Crippen molar-refractivity contribution in [1.29, 1.82) is 0 Å². The smallest absolute Gasteiger partial charge is 0.0972 e. The molecule has 3 heterocycles. The number of para-hydroxylation sites is 1. The van der Waals surface area contributed by atoms with E-state index in [1.807, 2.05) is 18.2 Å². The van der Waals surface area contributed by atoms with Crippen molar-refractivity contribution in [3.63, 3.8) is 0 Å². The SMILES string of the molecule is c1ccc(-c2ccc3ccc4ccc(-c5ccc(-c6nc7ccccc7c7c8ccccc8c8ccccc8c67)cc5)nc4c3n2)cc1. The number of benzene rings is 7. The van der Waals surface area contributed by atoms with Crippen LogP contribution in [-0.4, -0.2) is 15.0 Å². The Morgan fingerprint density at radius 3 is 1.38 bits per heavy atom.